The molecule has 2 amide bonds. The van der Waals surface area contributed by atoms with E-state index in [4.69, 9.17) is 4.74 Å². The van der Waals surface area contributed by atoms with Crippen molar-refractivity contribution >= 4 is 22.7 Å². The van der Waals surface area contributed by atoms with E-state index in [0.29, 0.717) is 18.7 Å². The Morgan fingerprint density at radius 3 is 2.68 bits per heavy atom. The number of carbonyl (C=O) groups is 2. The fraction of sp³-hybridized carbons (Fsp3) is 0.360. The Hall–Kier alpha value is -3.28. The van der Waals surface area contributed by atoms with Crippen LogP contribution in [0, 0.1) is 0 Å². The van der Waals surface area contributed by atoms with Crippen LogP contribution in [-0.4, -0.2) is 52.8 Å². The normalized spacial score (nSPS) is 20.7. The van der Waals surface area contributed by atoms with Gasteiger partial charge in [0.1, 0.15) is 17.8 Å². The molecule has 0 saturated carbocycles. The summed E-state index contributed by atoms with van der Waals surface area (Å²) in [5, 5.41) is 1.11. The number of carbonyl (C=O) groups excluding carboxylic acids is 2. The molecule has 2 atom stereocenters. The van der Waals surface area contributed by atoms with Crippen LogP contribution in [0.1, 0.15) is 42.6 Å². The monoisotopic (exact) mass is 417 g/mol. The van der Waals surface area contributed by atoms with Crippen LogP contribution in [0.5, 0.6) is 5.75 Å². The van der Waals surface area contributed by atoms with Gasteiger partial charge in [0.25, 0.3) is 0 Å². The van der Waals surface area contributed by atoms with Crippen molar-refractivity contribution in [3.8, 4) is 5.75 Å². The number of amides is 2. The van der Waals surface area contributed by atoms with Crippen LogP contribution < -0.4 is 4.74 Å². The number of aromatic amines is 1. The summed E-state index contributed by atoms with van der Waals surface area (Å²) in [5.74, 6) is 0.746. The number of rotatable bonds is 5. The number of hydrogen-bond donors (Lipinski definition) is 1. The van der Waals surface area contributed by atoms with Gasteiger partial charge in [0.05, 0.1) is 13.7 Å². The second kappa shape index (κ2) is 7.76. The number of hydrogen-bond acceptors (Lipinski definition) is 3. The third-order valence-electron chi connectivity index (χ3n) is 6.56. The molecule has 1 aromatic heterocycles. The summed E-state index contributed by atoms with van der Waals surface area (Å²) in [6, 6.07) is 15.0. The lowest BCUT2D eigenvalue weighted by Crippen LogP contribution is -2.63. The van der Waals surface area contributed by atoms with Gasteiger partial charge in [-0.1, -0.05) is 49.7 Å². The first kappa shape index (κ1) is 19.7. The molecule has 0 radical (unpaired) electrons. The molecule has 0 aliphatic carbocycles. The molecule has 1 N–H and O–H groups in total. The third kappa shape index (κ3) is 3.09. The highest BCUT2D eigenvalue weighted by atomic mass is 16.5. The Kier molecular flexibility index (Phi) is 4.93. The predicted molar refractivity (Wildman–Crippen MR) is 119 cm³/mol. The zero-order valence-electron chi connectivity index (χ0n) is 17.9. The highest BCUT2D eigenvalue weighted by molar-refractivity contribution is 5.97. The fourth-order valence-corrected chi connectivity index (χ4v) is 5.08. The average Bonchev–Trinajstić information content (AvgIpc) is 3.17. The summed E-state index contributed by atoms with van der Waals surface area (Å²) < 4.78 is 5.66. The number of fused-ring (bicyclic) bond motifs is 4. The smallest absolute Gasteiger partial charge is 0.246 e. The van der Waals surface area contributed by atoms with Crippen molar-refractivity contribution in [1.82, 2.24) is 14.8 Å². The van der Waals surface area contributed by atoms with Crippen molar-refractivity contribution in [3.05, 3.63) is 65.4 Å². The molecule has 2 aromatic carbocycles. The minimum Gasteiger partial charge on any atom is -0.496 e. The van der Waals surface area contributed by atoms with E-state index >= 15 is 0 Å². The Morgan fingerprint density at radius 1 is 1.10 bits per heavy atom. The molecule has 1 fully saturated rings. The van der Waals surface area contributed by atoms with Crippen LogP contribution in [0.4, 0.5) is 0 Å². The van der Waals surface area contributed by atoms with E-state index in [2.05, 4.69) is 18.0 Å². The number of methoxy groups -OCH3 is 1. The topological polar surface area (TPSA) is 65.6 Å². The van der Waals surface area contributed by atoms with Crippen LogP contribution >= 0.6 is 0 Å². The molecule has 3 aromatic rings. The zero-order valence-corrected chi connectivity index (χ0v) is 17.9. The van der Waals surface area contributed by atoms with E-state index in [-0.39, 0.29) is 24.4 Å². The average molecular weight is 418 g/mol. The van der Waals surface area contributed by atoms with Gasteiger partial charge in [-0.15, -0.1) is 0 Å². The molecule has 0 bridgehead atoms. The standard InChI is InChI=1S/C25H27N3O3/c1-3-4-13-27-15-22(29)28-20(25(27)30)14-18-16-9-5-7-11-19(16)26-23(18)24(28)17-10-6-8-12-21(17)31-2/h5-12,20,24,26H,3-4,13-15H2,1-2H3. The molecule has 3 heterocycles. The summed E-state index contributed by atoms with van der Waals surface area (Å²) >= 11 is 0. The molecule has 1 saturated heterocycles. The molecule has 2 aliphatic rings. The van der Waals surface area contributed by atoms with Crippen molar-refractivity contribution in [3.63, 3.8) is 0 Å². The number of aromatic nitrogens is 1. The maximum atomic E-state index is 13.5. The second-order valence-electron chi connectivity index (χ2n) is 8.34. The second-order valence-corrected chi connectivity index (χ2v) is 8.34. The maximum Gasteiger partial charge on any atom is 0.246 e. The van der Waals surface area contributed by atoms with Gasteiger partial charge in [-0.3, -0.25) is 9.59 Å². The van der Waals surface area contributed by atoms with Gasteiger partial charge in [0.15, 0.2) is 0 Å². The first-order valence-electron chi connectivity index (χ1n) is 11.0. The van der Waals surface area contributed by atoms with E-state index in [1.807, 2.05) is 42.5 Å². The molecule has 6 heteroatoms. The summed E-state index contributed by atoms with van der Waals surface area (Å²) in [5.41, 5.74) is 4.01. The van der Waals surface area contributed by atoms with Gasteiger partial charge >= 0.3 is 0 Å². The molecule has 160 valence electrons. The summed E-state index contributed by atoms with van der Waals surface area (Å²) in [6.07, 6.45) is 2.42. The van der Waals surface area contributed by atoms with Crippen LogP contribution in [0.3, 0.4) is 0 Å². The van der Waals surface area contributed by atoms with Crippen LogP contribution in [0.15, 0.2) is 48.5 Å². The minimum atomic E-state index is -0.500. The highest BCUT2D eigenvalue weighted by Gasteiger charge is 2.48. The van der Waals surface area contributed by atoms with E-state index in [0.717, 1.165) is 40.6 Å². The first-order valence-corrected chi connectivity index (χ1v) is 11.0. The Morgan fingerprint density at radius 2 is 1.87 bits per heavy atom. The van der Waals surface area contributed by atoms with Gasteiger partial charge in [0.2, 0.25) is 11.8 Å². The lowest BCUT2D eigenvalue weighted by molar-refractivity contribution is -0.158. The van der Waals surface area contributed by atoms with Gasteiger partial charge in [-0.05, 0) is 24.1 Å². The van der Waals surface area contributed by atoms with Crippen molar-refractivity contribution in [1.29, 1.82) is 0 Å². The Bertz CT molecular complexity index is 1150. The number of para-hydroxylation sites is 2. The molecule has 5 rings (SSSR count). The molecular formula is C25H27N3O3. The number of piperazine rings is 1. The molecule has 6 nitrogen and oxygen atoms in total. The lowest BCUT2D eigenvalue weighted by Gasteiger charge is -2.47. The Balaban J connectivity index is 1.69. The fourth-order valence-electron chi connectivity index (χ4n) is 5.08. The predicted octanol–water partition coefficient (Wildman–Crippen LogP) is 3.66. The number of unbranched alkanes of at least 4 members (excludes halogenated alkanes) is 1. The van der Waals surface area contributed by atoms with Crippen LogP contribution in [0.25, 0.3) is 10.9 Å². The molecule has 31 heavy (non-hydrogen) atoms. The van der Waals surface area contributed by atoms with Crippen LogP contribution in [-0.2, 0) is 16.0 Å². The van der Waals surface area contributed by atoms with Gasteiger partial charge < -0.3 is 19.5 Å². The van der Waals surface area contributed by atoms with Crippen LogP contribution in [0.2, 0.25) is 0 Å². The van der Waals surface area contributed by atoms with Gasteiger partial charge in [-0.2, -0.15) is 0 Å². The van der Waals surface area contributed by atoms with E-state index in [1.165, 1.54) is 0 Å². The van der Waals surface area contributed by atoms with E-state index < -0.39 is 6.04 Å². The van der Waals surface area contributed by atoms with Crippen molar-refractivity contribution in [2.24, 2.45) is 0 Å². The Labute approximate surface area is 181 Å². The summed E-state index contributed by atoms with van der Waals surface area (Å²) in [4.78, 5) is 34.0. The quantitative estimate of drug-likeness (QED) is 0.689. The molecule has 2 aliphatic heterocycles. The van der Waals surface area contributed by atoms with Gasteiger partial charge in [0, 0.05) is 35.1 Å². The van der Waals surface area contributed by atoms with Crippen molar-refractivity contribution < 1.29 is 14.3 Å². The third-order valence-corrected chi connectivity index (χ3v) is 6.56. The first-order chi connectivity index (χ1) is 15.1. The van der Waals surface area contributed by atoms with Crippen molar-refractivity contribution in [2.45, 2.75) is 38.3 Å². The number of H-pyrrole nitrogens is 1. The number of ether oxygens (including phenoxy) is 1. The summed E-state index contributed by atoms with van der Waals surface area (Å²) in [6.45, 7) is 2.86. The maximum absolute atomic E-state index is 13.5. The number of nitrogens with zero attached hydrogens (tertiary/aromatic N) is 2. The molecular weight excluding hydrogens is 390 g/mol. The lowest BCUT2D eigenvalue weighted by atomic mass is 9.86. The zero-order chi connectivity index (χ0) is 21.5. The van der Waals surface area contributed by atoms with E-state index in [1.54, 1.807) is 16.9 Å². The SMILES string of the molecule is CCCCN1CC(=O)N2C(Cc3c([nH]c4ccccc34)C2c2ccccc2OC)C1=O. The molecule has 0 spiro atoms. The number of nitrogens with one attached hydrogen (secondary N) is 1. The largest absolute Gasteiger partial charge is 0.496 e. The van der Waals surface area contributed by atoms with Gasteiger partial charge in [-0.25, -0.2) is 0 Å². The minimum absolute atomic E-state index is 0.0130. The van der Waals surface area contributed by atoms with E-state index in [9.17, 15) is 9.59 Å². The highest BCUT2D eigenvalue weighted by Crippen LogP contribution is 2.44. The summed E-state index contributed by atoms with van der Waals surface area (Å²) in [7, 11) is 1.64. The molecule has 2 unspecified atom stereocenters. The number of benzene rings is 2. The van der Waals surface area contributed by atoms with Crippen molar-refractivity contribution in [2.75, 3.05) is 20.2 Å².